The molecule has 9 rings (SSSR count). The second-order valence-corrected chi connectivity index (χ2v) is 10.6. The maximum atomic E-state index is 13.5. The summed E-state index contributed by atoms with van der Waals surface area (Å²) in [7, 11) is 1.68. The number of methoxy groups -OCH3 is 1. The molecule has 1 aromatic heterocycles. The summed E-state index contributed by atoms with van der Waals surface area (Å²) in [6.07, 6.45) is -0.117. The quantitative estimate of drug-likeness (QED) is 0.783. The molecule has 1 saturated heterocycles. The van der Waals surface area contributed by atoms with Crippen molar-refractivity contribution in [2.45, 2.75) is 6.10 Å². The van der Waals surface area contributed by atoms with Crippen LogP contribution in [-0.4, -0.2) is 42.6 Å². The van der Waals surface area contributed by atoms with E-state index in [1.807, 2.05) is 24.3 Å². The minimum absolute atomic E-state index is 0.0854. The predicted octanol–water partition coefficient (Wildman–Crippen LogP) is 3.09. The van der Waals surface area contributed by atoms with Crippen molar-refractivity contribution in [3.05, 3.63) is 34.7 Å². The largest absolute Gasteiger partial charge is 0.496 e. The second kappa shape index (κ2) is 4.86. The van der Waals surface area contributed by atoms with Crippen molar-refractivity contribution < 1.29 is 14.3 Å². The highest BCUT2D eigenvalue weighted by Crippen LogP contribution is 3.06. The molecule has 6 heteroatoms. The number of amides is 1. The molecule has 6 aliphatic carbocycles. The zero-order valence-electron chi connectivity index (χ0n) is 16.2. The van der Waals surface area contributed by atoms with E-state index in [1.54, 1.807) is 18.4 Å². The van der Waals surface area contributed by atoms with E-state index >= 15 is 0 Å². The van der Waals surface area contributed by atoms with E-state index in [9.17, 15) is 4.79 Å². The molecule has 29 heavy (non-hydrogen) atoms. The summed E-state index contributed by atoms with van der Waals surface area (Å²) in [5.74, 6) is 7.44. The van der Waals surface area contributed by atoms with E-state index in [0.717, 1.165) is 70.0 Å². The number of morpholine rings is 1. The van der Waals surface area contributed by atoms with E-state index in [1.165, 1.54) is 0 Å². The van der Waals surface area contributed by atoms with Crippen LogP contribution < -0.4 is 4.74 Å². The Balaban J connectivity index is 1.04. The van der Waals surface area contributed by atoms with Crippen molar-refractivity contribution in [3.8, 4) is 17.0 Å². The second-order valence-electron chi connectivity index (χ2n) is 9.70. The van der Waals surface area contributed by atoms with Crippen molar-refractivity contribution >= 4 is 17.2 Å². The minimum atomic E-state index is -0.117. The molecule has 148 valence electrons. The SMILES string of the molecule is COc1ccccc1-c1csc([C@H]2CN(C(=O)C34C5C6C7C5C3C7C64)CCO2)n1. The number of carbonyl (C=O) groups excluding carboxylic acids is 1. The van der Waals surface area contributed by atoms with Gasteiger partial charge in [-0.2, -0.15) is 0 Å². The number of carbonyl (C=O) groups is 1. The summed E-state index contributed by atoms with van der Waals surface area (Å²) < 4.78 is 11.5. The monoisotopic (exact) mass is 406 g/mol. The maximum absolute atomic E-state index is 13.5. The van der Waals surface area contributed by atoms with E-state index in [0.29, 0.717) is 19.1 Å². The van der Waals surface area contributed by atoms with Gasteiger partial charge in [-0.1, -0.05) is 12.1 Å². The average Bonchev–Trinajstić information content (AvgIpc) is 3.29. The van der Waals surface area contributed by atoms with E-state index in [-0.39, 0.29) is 11.5 Å². The number of benzene rings is 1. The van der Waals surface area contributed by atoms with Crippen LogP contribution in [0.1, 0.15) is 11.1 Å². The molecule has 1 amide bonds. The number of hydrogen-bond acceptors (Lipinski definition) is 5. The minimum Gasteiger partial charge on any atom is -0.496 e. The van der Waals surface area contributed by atoms with E-state index < -0.39 is 0 Å². The molecular formula is C23H22N2O3S. The van der Waals surface area contributed by atoms with Gasteiger partial charge in [-0.25, -0.2) is 4.98 Å². The third-order valence-corrected chi connectivity index (χ3v) is 10.3. The van der Waals surface area contributed by atoms with Crippen LogP contribution in [0.2, 0.25) is 0 Å². The number of nitrogens with zero attached hydrogens (tertiary/aromatic N) is 2. The van der Waals surface area contributed by atoms with Crippen molar-refractivity contribution in [3.63, 3.8) is 0 Å². The third kappa shape index (κ3) is 1.45. The number of ether oxygens (including phenoxy) is 2. The van der Waals surface area contributed by atoms with Gasteiger partial charge in [-0.05, 0) is 53.6 Å². The highest BCUT2D eigenvalue weighted by Gasteiger charge is 3.06. The molecule has 7 aliphatic rings. The Morgan fingerprint density at radius 3 is 2.72 bits per heavy atom. The van der Waals surface area contributed by atoms with Crippen LogP contribution in [0.3, 0.4) is 0 Å². The zero-order valence-corrected chi connectivity index (χ0v) is 17.0. The maximum Gasteiger partial charge on any atom is 0.229 e. The van der Waals surface area contributed by atoms with Gasteiger partial charge in [0, 0.05) is 17.5 Å². The lowest BCUT2D eigenvalue weighted by molar-refractivity contribution is -0.597. The van der Waals surface area contributed by atoms with Gasteiger partial charge in [0.2, 0.25) is 5.91 Å². The molecule has 0 bridgehead atoms. The Labute approximate surface area is 173 Å². The summed E-state index contributed by atoms with van der Waals surface area (Å²) in [5.41, 5.74) is 1.99. The topological polar surface area (TPSA) is 51.7 Å². The summed E-state index contributed by atoms with van der Waals surface area (Å²) in [5, 5.41) is 3.02. The summed E-state index contributed by atoms with van der Waals surface area (Å²) in [4.78, 5) is 20.5. The van der Waals surface area contributed by atoms with Crippen molar-refractivity contribution in [2.75, 3.05) is 26.8 Å². The van der Waals surface area contributed by atoms with E-state index in [4.69, 9.17) is 14.5 Å². The molecule has 1 aliphatic heterocycles. The zero-order chi connectivity index (χ0) is 19.1. The normalized spacial score (nSPS) is 46.4. The lowest BCUT2D eigenvalue weighted by Crippen LogP contribution is -3.07. The highest BCUT2D eigenvalue weighted by atomic mass is 32.1. The Hall–Kier alpha value is -1.92. The van der Waals surface area contributed by atoms with Gasteiger partial charge in [-0.15, -0.1) is 11.3 Å². The summed E-state index contributed by atoms with van der Waals surface area (Å²) in [6, 6.07) is 7.95. The molecule has 0 spiro atoms. The highest BCUT2D eigenvalue weighted by molar-refractivity contribution is 7.10. The Morgan fingerprint density at radius 1 is 1.21 bits per heavy atom. The van der Waals surface area contributed by atoms with Crippen molar-refractivity contribution in [1.82, 2.24) is 9.88 Å². The Bertz CT molecular complexity index is 1030. The fourth-order valence-corrected chi connectivity index (χ4v) is 9.39. The third-order valence-electron chi connectivity index (χ3n) is 9.38. The molecule has 0 unspecified atom stereocenters. The molecule has 6 saturated carbocycles. The fourth-order valence-electron chi connectivity index (χ4n) is 8.53. The van der Waals surface area contributed by atoms with E-state index in [2.05, 4.69) is 10.3 Å². The molecule has 2 heterocycles. The number of para-hydroxylation sites is 1. The van der Waals surface area contributed by atoms with Gasteiger partial charge in [0.15, 0.2) is 0 Å². The van der Waals surface area contributed by atoms with Crippen LogP contribution in [0.4, 0.5) is 0 Å². The molecule has 1 atom stereocenters. The Morgan fingerprint density at radius 2 is 1.97 bits per heavy atom. The first kappa shape index (κ1) is 15.9. The standard InChI is InChI=1S/C23H22N2O3S/c1-27-12-5-3-2-4-10(12)11-9-29-21(24-11)13-8-25(6-7-28-13)22(26)23-18-15-14-16(18)20(23)17(14)19(15)23/h2-5,9,13-20H,6-8H2,1H3/t13-,14?,15?,16?,17?,18?,19?,20?,23?/m1/s1. The summed E-state index contributed by atoms with van der Waals surface area (Å²) in [6.45, 7) is 1.99. The van der Waals surface area contributed by atoms with Gasteiger partial charge in [-0.3, -0.25) is 4.79 Å². The lowest BCUT2D eigenvalue weighted by atomic mass is 8.96. The van der Waals surface area contributed by atoms with Crippen LogP contribution in [0.5, 0.6) is 5.75 Å². The predicted molar refractivity (Wildman–Crippen MR) is 106 cm³/mol. The Kier molecular flexibility index (Phi) is 2.66. The molecule has 5 nitrogen and oxygen atoms in total. The molecule has 0 N–H and O–H groups in total. The number of rotatable bonds is 4. The first-order valence-electron chi connectivity index (χ1n) is 10.8. The van der Waals surface area contributed by atoms with Crippen LogP contribution in [-0.2, 0) is 9.53 Å². The van der Waals surface area contributed by atoms with Crippen LogP contribution >= 0.6 is 11.3 Å². The lowest BCUT2D eigenvalue weighted by Gasteiger charge is -3.06. The molecule has 1 aromatic carbocycles. The molecule has 2 aromatic rings. The summed E-state index contributed by atoms with van der Waals surface area (Å²) >= 11 is 1.62. The van der Waals surface area contributed by atoms with Crippen molar-refractivity contribution in [2.24, 2.45) is 46.8 Å². The molecule has 7 fully saturated rings. The molecule has 0 radical (unpaired) electrons. The van der Waals surface area contributed by atoms with Gasteiger partial charge in [0.1, 0.15) is 16.9 Å². The fraction of sp³-hybridized carbons (Fsp3) is 0.565. The van der Waals surface area contributed by atoms with Crippen LogP contribution in [0.25, 0.3) is 11.3 Å². The number of thiazole rings is 1. The first-order valence-corrected chi connectivity index (χ1v) is 11.6. The van der Waals surface area contributed by atoms with Crippen LogP contribution in [0, 0.1) is 46.8 Å². The van der Waals surface area contributed by atoms with Gasteiger partial charge in [0.25, 0.3) is 0 Å². The van der Waals surface area contributed by atoms with Gasteiger partial charge < -0.3 is 14.4 Å². The number of hydrogen-bond donors (Lipinski definition) is 0. The number of aromatic nitrogens is 1. The van der Waals surface area contributed by atoms with Crippen LogP contribution in [0.15, 0.2) is 29.6 Å². The molecular weight excluding hydrogens is 384 g/mol. The van der Waals surface area contributed by atoms with Gasteiger partial charge in [0.05, 0.1) is 31.4 Å². The van der Waals surface area contributed by atoms with Gasteiger partial charge >= 0.3 is 0 Å². The smallest absolute Gasteiger partial charge is 0.229 e. The van der Waals surface area contributed by atoms with Crippen molar-refractivity contribution in [1.29, 1.82) is 0 Å². The first-order chi connectivity index (χ1) is 14.3. The average molecular weight is 407 g/mol.